The van der Waals surface area contributed by atoms with Gasteiger partial charge in [-0.25, -0.2) is 34.8 Å². The van der Waals surface area contributed by atoms with Crippen molar-refractivity contribution in [2.24, 2.45) is 0 Å². The first kappa shape index (κ1) is 66.5. The highest BCUT2D eigenvalue weighted by Gasteiger charge is 2.16. The van der Waals surface area contributed by atoms with Crippen LogP contribution in [0.2, 0.25) is 0 Å². The molecule has 1 aromatic heterocycles. The molecular weight excluding hydrogens is 1220 g/mol. The van der Waals surface area contributed by atoms with Gasteiger partial charge in [-0.3, -0.25) is 15.0 Å². The van der Waals surface area contributed by atoms with E-state index in [2.05, 4.69) is 10.2 Å². The number of carbonyl (C=O) groups is 2. The number of methoxy groups -OCH3 is 1. The van der Waals surface area contributed by atoms with Crippen LogP contribution < -0.4 is 34.0 Å². The van der Waals surface area contributed by atoms with Gasteiger partial charge in [-0.2, -0.15) is 0 Å². The lowest BCUT2D eigenvalue weighted by atomic mass is 10.1. The van der Waals surface area contributed by atoms with Crippen molar-refractivity contribution in [3.8, 4) is 63.0 Å². The number of ether oxygens (including phenoxy) is 7. The number of hydrogen-bond donors (Lipinski definition) is 3. The molecule has 0 radical (unpaired) electrons. The fourth-order valence-electron chi connectivity index (χ4n) is 8.62. The van der Waals surface area contributed by atoms with E-state index in [1.807, 2.05) is 99.6 Å². The number of aromatic amines is 2. The van der Waals surface area contributed by atoms with Crippen LogP contribution in [0.1, 0.15) is 54.1 Å². The van der Waals surface area contributed by atoms with Crippen LogP contribution >= 0.6 is 0 Å². The van der Waals surface area contributed by atoms with E-state index in [1.54, 1.807) is 54.6 Å². The number of aryl methyl sites for hydroxylation is 3. The molecule has 0 aliphatic heterocycles. The Balaban J connectivity index is 0.000000176. The second-order valence-corrected chi connectivity index (χ2v) is 26.8. The van der Waals surface area contributed by atoms with Gasteiger partial charge in [0.1, 0.15) is 71.6 Å². The molecule has 0 aliphatic carbocycles. The van der Waals surface area contributed by atoms with Crippen molar-refractivity contribution in [3.05, 3.63) is 261 Å². The first-order valence-corrected chi connectivity index (χ1v) is 33.4. The minimum absolute atomic E-state index is 0.0232. The molecule has 0 unspecified atom stereocenters. The normalized spacial score (nSPS) is 11.2. The van der Waals surface area contributed by atoms with Crippen molar-refractivity contribution in [3.63, 3.8) is 0 Å². The molecule has 0 aliphatic rings. The molecule has 0 saturated heterocycles. The number of hydrogen-bond acceptors (Lipinski definition) is 16. The Bertz CT molecular complexity index is 4620. The molecule has 0 fully saturated rings. The number of benzene rings is 9. The smallest absolute Gasteiger partial charge is 0.338 e. The summed E-state index contributed by atoms with van der Waals surface area (Å²) in [6.45, 7) is 6.99. The quantitative estimate of drug-likeness (QED) is 0.0564. The van der Waals surface area contributed by atoms with Crippen molar-refractivity contribution in [2.75, 3.05) is 25.9 Å². The summed E-state index contributed by atoms with van der Waals surface area (Å²) in [5.41, 5.74) is 7.73. The Labute approximate surface area is 527 Å². The summed E-state index contributed by atoms with van der Waals surface area (Å²) in [4.78, 5) is 35.7. The lowest BCUT2D eigenvalue weighted by Gasteiger charge is -2.13. The molecule has 0 atom stereocenters. The summed E-state index contributed by atoms with van der Waals surface area (Å²) in [7, 11) is -8.59. The van der Waals surface area contributed by atoms with E-state index in [9.17, 15) is 44.7 Å². The SMILES string of the molecule is COC(=O)c1cc(OCc2ccccc2C)cc(Oc2ccc(S(C)(=O)=O)cc2)c1.Cc1ccccc1COc1cc(Oc2ccc(S(C)(=O)=O)cc2)cc(-c2cc(=O)[nH][nH]2)c1.Cc1ccccc1COc1cc(Oc2ccc(S(C)(=O)=O)cc2)cc(C(=O)O)c1. The van der Waals surface area contributed by atoms with Gasteiger partial charge >= 0.3 is 11.9 Å². The maximum Gasteiger partial charge on any atom is 0.338 e. The molecule has 91 heavy (non-hydrogen) atoms. The lowest BCUT2D eigenvalue weighted by Crippen LogP contribution is -2.04. The summed E-state index contributed by atoms with van der Waals surface area (Å²) in [5.74, 6) is 2.15. The number of esters is 1. The highest BCUT2D eigenvalue weighted by atomic mass is 32.2. The fraction of sp³-hybridized carbons (Fsp3) is 0.145. The molecule has 470 valence electrons. The summed E-state index contributed by atoms with van der Waals surface area (Å²) in [6, 6.07) is 57.6. The van der Waals surface area contributed by atoms with Crippen molar-refractivity contribution in [2.45, 2.75) is 55.3 Å². The van der Waals surface area contributed by atoms with E-state index in [0.29, 0.717) is 70.5 Å². The van der Waals surface area contributed by atoms with E-state index in [0.717, 1.165) is 52.1 Å². The first-order chi connectivity index (χ1) is 43.3. The molecule has 10 aromatic rings. The highest BCUT2D eigenvalue weighted by Crippen LogP contribution is 2.34. The van der Waals surface area contributed by atoms with Crippen LogP contribution in [-0.4, -0.2) is 78.4 Å². The average Bonchev–Trinajstić information content (AvgIpc) is 3.01. The van der Waals surface area contributed by atoms with Crippen molar-refractivity contribution >= 4 is 41.5 Å². The minimum Gasteiger partial charge on any atom is -0.489 e. The van der Waals surface area contributed by atoms with Crippen LogP contribution in [-0.2, 0) is 54.1 Å². The molecule has 0 bridgehead atoms. The van der Waals surface area contributed by atoms with Gasteiger partial charge in [0.15, 0.2) is 29.5 Å². The van der Waals surface area contributed by atoms with Crippen LogP contribution in [0.5, 0.6) is 51.7 Å². The zero-order chi connectivity index (χ0) is 65.5. The number of carboxylic acid groups (broad SMARTS) is 1. The van der Waals surface area contributed by atoms with Crippen LogP contribution in [0.4, 0.5) is 0 Å². The highest BCUT2D eigenvalue weighted by molar-refractivity contribution is 7.91. The van der Waals surface area contributed by atoms with Gasteiger partial charge in [-0.15, -0.1) is 0 Å². The van der Waals surface area contributed by atoms with Crippen molar-refractivity contribution < 1.29 is 73.1 Å². The second-order valence-electron chi connectivity index (χ2n) is 20.7. The zero-order valence-corrected chi connectivity index (χ0v) is 52.9. The van der Waals surface area contributed by atoms with Crippen LogP contribution in [0.15, 0.2) is 226 Å². The third kappa shape index (κ3) is 19.5. The first-order valence-electron chi connectivity index (χ1n) is 27.8. The lowest BCUT2D eigenvalue weighted by molar-refractivity contribution is 0.0598. The van der Waals surface area contributed by atoms with Gasteiger partial charge in [0.05, 0.1) is 38.6 Å². The second kappa shape index (κ2) is 29.7. The van der Waals surface area contributed by atoms with Crippen LogP contribution in [0.3, 0.4) is 0 Å². The van der Waals surface area contributed by atoms with Crippen LogP contribution in [0.25, 0.3) is 11.3 Å². The monoisotopic (exact) mass is 1290 g/mol. The Hall–Kier alpha value is -10.4. The van der Waals surface area contributed by atoms with Crippen LogP contribution in [0, 0.1) is 20.8 Å². The molecule has 0 amide bonds. The number of aromatic nitrogens is 2. The van der Waals surface area contributed by atoms with E-state index >= 15 is 0 Å². The number of H-pyrrole nitrogens is 2. The Morgan fingerprint density at radius 3 is 1.04 bits per heavy atom. The summed E-state index contributed by atoms with van der Waals surface area (Å²) in [6.07, 6.45) is 3.42. The molecule has 0 saturated carbocycles. The topological polar surface area (TPSA) is 270 Å². The fourth-order valence-corrected chi connectivity index (χ4v) is 10.5. The zero-order valence-electron chi connectivity index (χ0n) is 50.5. The Kier molecular flexibility index (Phi) is 21.7. The molecular formula is C69H64N2O17S3. The molecule has 9 aromatic carbocycles. The van der Waals surface area contributed by atoms with Crippen molar-refractivity contribution in [1.29, 1.82) is 0 Å². The van der Waals surface area contributed by atoms with Gasteiger partial charge in [0.25, 0.3) is 5.56 Å². The summed E-state index contributed by atoms with van der Waals surface area (Å²) >= 11 is 0. The number of carboxylic acids is 1. The summed E-state index contributed by atoms with van der Waals surface area (Å²) < 4.78 is 110. The molecule has 22 heteroatoms. The third-order valence-electron chi connectivity index (χ3n) is 13.6. The number of rotatable bonds is 21. The van der Waals surface area contributed by atoms with Gasteiger partial charge in [0, 0.05) is 48.6 Å². The number of carbonyl (C=O) groups excluding carboxylic acids is 1. The maximum absolute atomic E-state index is 12.1. The summed E-state index contributed by atoms with van der Waals surface area (Å²) in [5, 5.41) is 14.7. The third-order valence-corrected chi connectivity index (χ3v) is 17.0. The molecule has 10 rings (SSSR count). The number of sulfone groups is 3. The van der Waals surface area contributed by atoms with E-state index in [1.165, 1.54) is 79.9 Å². The van der Waals surface area contributed by atoms with Gasteiger partial charge < -0.3 is 38.3 Å². The minimum atomic E-state index is -3.31. The van der Waals surface area contributed by atoms with E-state index < -0.39 is 41.5 Å². The standard InChI is InChI=1S/C24H22N2O5S.C23H22O6S.C22H20O6S/c1-16-5-3-4-6-17(16)15-30-20-11-18(23-14-24(27)26-25-23)12-21(13-20)31-19-7-9-22(10-8-19)32(2,28)29;1-16-6-4-5-7-17(16)15-28-20-12-18(23(24)27-2)13-21(14-20)29-19-8-10-22(11-9-19)30(3,25)26;1-15-5-3-4-6-16(15)14-27-19-11-17(22(23)24)12-20(13-19)28-18-7-9-21(10-8-18)29(2,25)26/h3-14H,15H2,1-2H3,(H2,25,26,27);4-14H,15H2,1-3H3;3-13H,14H2,1-2H3,(H,23,24). The molecule has 3 N–H and O–H groups in total. The molecule has 1 heterocycles. The van der Waals surface area contributed by atoms with E-state index in [4.69, 9.17) is 33.2 Å². The predicted octanol–water partition coefficient (Wildman–Crippen LogP) is 13.5. The van der Waals surface area contributed by atoms with Gasteiger partial charge in [0.2, 0.25) is 0 Å². The Morgan fingerprint density at radius 2 is 0.714 bits per heavy atom. The maximum atomic E-state index is 12.1. The van der Waals surface area contributed by atoms with E-state index in [-0.39, 0.29) is 43.7 Å². The van der Waals surface area contributed by atoms with Gasteiger partial charge in [-0.1, -0.05) is 72.8 Å². The average molecular weight is 1290 g/mol. The molecule has 19 nitrogen and oxygen atoms in total. The number of nitrogens with one attached hydrogen (secondary N) is 2. The largest absolute Gasteiger partial charge is 0.489 e. The number of aromatic carboxylic acids is 1. The molecule has 0 spiro atoms. The Morgan fingerprint density at radius 1 is 0.396 bits per heavy atom. The predicted molar refractivity (Wildman–Crippen MR) is 343 cm³/mol. The van der Waals surface area contributed by atoms with Crippen molar-refractivity contribution in [1.82, 2.24) is 10.2 Å². The van der Waals surface area contributed by atoms with Gasteiger partial charge in [-0.05, 0) is 163 Å².